The van der Waals surface area contributed by atoms with E-state index in [0.717, 1.165) is 0 Å². The molecule has 0 aliphatic heterocycles. The molecule has 13 heteroatoms. The van der Waals surface area contributed by atoms with E-state index in [1.807, 2.05) is 0 Å². The Morgan fingerprint density at radius 1 is 0.857 bits per heavy atom. The zero-order valence-electron chi connectivity index (χ0n) is 12.7. The first-order valence-corrected chi connectivity index (χ1v) is 7.65. The van der Waals surface area contributed by atoms with Gasteiger partial charge in [-0.25, -0.2) is 0 Å². The predicted octanol–water partition coefficient (Wildman–Crippen LogP) is 2.70. The van der Waals surface area contributed by atoms with E-state index in [2.05, 4.69) is 50.2 Å². The summed E-state index contributed by atoms with van der Waals surface area (Å²) in [5.74, 6) is 2.58. The summed E-state index contributed by atoms with van der Waals surface area (Å²) in [6.07, 6.45) is 4.54. The molecule has 0 aromatic heterocycles. The second-order valence-electron chi connectivity index (χ2n) is 4.32. The van der Waals surface area contributed by atoms with Crippen LogP contribution < -0.4 is 0 Å². The molecule has 130 valence electrons. The Bertz CT molecular complexity index is 276. The number of amidine groups is 1. The summed E-state index contributed by atoms with van der Waals surface area (Å²) >= 11 is 0. The zero-order chi connectivity index (χ0) is 18.0. The van der Waals surface area contributed by atoms with Crippen molar-refractivity contribution in [2.75, 3.05) is 46.5 Å². The van der Waals surface area contributed by atoms with Crippen molar-refractivity contribution in [2.24, 2.45) is 0 Å². The van der Waals surface area contributed by atoms with Gasteiger partial charge in [-0.1, -0.05) is 0 Å². The van der Waals surface area contributed by atoms with E-state index in [4.69, 9.17) is 0 Å². The van der Waals surface area contributed by atoms with Crippen LogP contribution in [0, 0.1) is 0 Å². The van der Waals surface area contributed by atoms with Gasteiger partial charge in [-0.05, 0) is 10.9 Å². The molecule has 0 saturated heterocycles. The van der Waals surface area contributed by atoms with Crippen molar-refractivity contribution in [1.82, 2.24) is 4.90 Å². The first kappa shape index (κ1) is 25.3. The maximum absolute atomic E-state index is 9.75. The fourth-order valence-electron chi connectivity index (χ4n) is 0.916. The standard InChI is InChI=1S/C8H20N2S.2BF4/c1-9(2)8(10(3)4)7-11(5)6;2*2-1(3,4)5/h7H2,1-6H3;;/q+2;2*-1. The summed E-state index contributed by atoms with van der Waals surface area (Å²) in [5.41, 5.74) is 0. The first-order valence-electron chi connectivity index (χ1n) is 5.44. The molecule has 0 amide bonds. The number of hydrogen-bond donors (Lipinski definition) is 0. The van der Waals surface area contributed by atoms with Crippen molar-refractivity contribution < 1.29 is 39.1 Å². The van der Waals surface area contributed by atoms with Crippen molar-refractivity contribution >= 4 is 31.2 Å². The Morgan fingerprint density at radius 2 is 1.10 bits per heavy atom. The van der Waals surface area contributed by atoms with Gasteiger partial charge in [-0.2, -0.15) is 0 Å². The van der Waals surface area contributed by atoms with Crippen LogP contribution in [0.2, 0.25) is 0 Å². The molecule has 21 heavy (non-hydrogen) atoms. The molecule has 0 rings (SSSR count). The molecule has 0 fully saturated rings. The van der Waals surface area contributed by atoms with Crippen LogP contribution in [-0.2, 0) is 10.9 Å². The highest BCUT2D eigenvalue weighted by atomic mass is 32.2. The van der Waals surface area contributed by atoms with Gasteiger partial charge in [-0.15, -0.1) is 0 Å². The van der Waals surface area contributed by atoms with Crippen LogP contribution in [0.3, 0.4) is 0 Å². The minimum atomic E-state index is -6.00. The minimum Gasteiger partial charge on any atom is -0.418 e. The molecule has 2 nitrogen and oxygen atoms in total. The van der Waals surface area contributed by atoms with E-state index in [1.165, 1.54) is 11.6 Å². The quantitative estimate of drug-likeness (QED) is 0.185. The fraction of sp³-hybridized carbons (Fsp3) is 0.875. The largest absolute Gasteiger partial charge is 0.673 e. The van der Waals surface area contributed by atoms with Crippen LogP contribution in [0.1, 0.15) is 0 Å². The highest BCUT2D eigenvalue weighted by Gasteiger charge is 2.21. The fourth-order valence-corrected chi connectivity index (χ4v) is 1.95. The SMILES string of the molecule is CN(C)C(C[S+](C)C)=[N+](C)C.F[B-](F)(F)F.F[B-](F)(F)F. The lowest BCUT2D eigenvalue weighted by molar-refractivity contribution is -0.469. The van der Waals surface area contributed by atoms with Crippen LogP contribution in [0.4, 0.5) is 34.5 Å². The summed E-state index contributed by atoms with van der Waals surface area (Å²) in [4.78, 5) is 2.19. The van der Waals surface area contributed by atoms with Crippen molar-refractivity contribution in [2.45, 2.75) is 0 Å². The van der Waals surface area contributed by atoms with Crippen LogP contribution in [-0.4, -0.2) is 76.3 Å². The minimum absolute atomic E-state index is 0.493. The Kier molecular flexibility index (Phi) is 13.3. The number of hydrogen-bond acceptors (Lipinski definition) is 0. The summed E-state index contributed by atoms with van der Waals surface area (Å²) in [5, 5.41) is 0. The monoisotopic (exact) mass is 350 g/mol. The van der Waals surface area contributed by atoms with Gasteiger partial charge in [0.05, 0.1) is 40.7 Å². The lowest BCUT2D eigenvalue weighted by Crippen LogP contribution is -2.35. The highest BCUT2D eigenvalue weighted by Crippen LogP contribution is 2.07. The van der Waals surface area contributed by atoms with E-state index in [9.17, 15) is 34.5 Å². The molecule has 0 bridgehead atoms. The van der Waals surface area contributed by atoms with Gasteiger partial charge in [0.2, 0.25) is 5.75 Å². The summed E-state index contributed by atoms with van der Waals surface area (Å²) in [7, 11) is -3.11. The molecule has 0 spiro atoms. The van der Waals surface area contributed by atoms with Gasteiger partial charge in [0.15, 0.2) is 0 Å². The second kappa shape index (κ2) is 11.0. The average molecular weight is 350 g/mol. The molecule has 0 unspecified atom stereocenters. The molecule has 0 atom stereocenters. The van der Waals surface area contributed by atoms with Crippen molar-refractivity contribution in [1.29, 1.82) is 0 Å². The van der Waals surface area contributed by atoms with E-state index >= 15 is 0 Å². The molecular weight excluding hydrogens is 330 g/mol. The van der Waals surface area contributed by atoms with E-state index in [0.29, 0.717) is 10.9 Å². The topological polar surface area (TPSA) is 6.25 Å². The van der Waals surface area contributed by atoms with Crippen molar-refractivity contribution in [3.8, 4) is 0 Å². The van der Waals surface area contributed by atoms with Gasteiger partial charge in [0, 0.05) is 0 Å². The third-order valence-electron chi connectivity index (χ3n) is 1.45. The number of halogens is 8. The summed E-state index contributed by atoms with van der Waals surface area (Å²) in [6, 6.07) is 0. The molecule has 0 radical (unpaired) electrons. The van der Waals surface area contributed by atoms with Crippen LogP contribution in [0.25, 0.3) is 0 Å². The second-order valence-corrected chi connectivity index (χ2v) is 6.58. The normalized spacial score (nSPS) is 11.0. The Morgan fingerprint density at radius 3 is 1.14 bits per heavy atom. The van der Waals surface area contributed by atoms with Gasteiger partial charge in [-0.3, -0.25) is 9.48 Å². The smallest absolute Gasteiger partial charge is 0.418 e. The van der Waals surface area contributed by atoms with Crippen molar-refractivity contribution in [3.05, 3.63) is 0 Å². The molecule has 0 saturated carbocycles. The molecule has 0 aliphatic carbocycles. The number of rotatable bonds is 2. The van der Waals surface area contributed by atoms with Crippen LogP contribution in [0.15, 0.2) is 0 Å². The first-order chi connectivity index (χ1) is 8.95. The van der Waals surface area contributed by atoms with Gasteiger partial charge in [0.1, 0.15) is 0 Å². The maximum atomic E-state index is 9.75. The Hall–Kier alpha value is -0.610. The molecular formula is C8H20B2F8N2S. The van der Waals surface area contributed by atoms with Gasteiger partial charge < -0.3 is 34.5 Å². The molecule has 0 aromatic rings. The third-order valence-corrected chi connectivity index (χ3v) is 2.29. The van der Waals surface area contributed by atoms with Crippen LogP contribution >= 0.6 is 0 Å². The Balaban J connectivity index is -0.000000270. The maximum Gasteiger partial charge on any atom is 0.673 e. The molecule has 0 aliphatic rings. The van der Waals surface area contributed by atoms with E-state index in [-0.39, 0.29) is 0 Å². The highest BCUT2D eigenvalue weighted by molar-refractivity contribution is 7.96. The van der Waals surface area contributed by atoms with E-state index in [1.54, 1.807) is 0 Å². The summed E-state index contributed by atoms with van der Waals surface area (Å²) in [6.45, 7) is 0. The van der Waals surface area contributed by atoms with Crippen molar-refractivity contribution in [3.63, 3.8) is 0 Å². The Labute approximate surface area is 122 Å². The summed E-state index contributed by atoms with van der Waals surface area (Å²) < 4.78 is 80.2. The van der Waals surface area contributed by atoms with E-state index < -0.39 is 14.5 Å². The van der Waals surface area contributed by atoms with Crippen LogP contribution in [0.5, 0.6) is 0 Å². The predicted molar refractivity (Wildman–Crippen MR) is 75.3 cm³/mol. The lowest BCUT2D eigenvalue weighted by Gasteiger charge is -2.08. The molecule has 0 aromatic carbocycles. The lowest BCUT2D eigenvalue weighted by atomic mass is 10.3. The van der Waals surface area contributed by atoms with Gasteiger partial charge >= 0.3 is 14.5 Å². The average Bonchev–Trinajstić information content (AvgIpc) is 2.06. The number of nitrogens with zero attached hydrogens (tertiary/aromatic N) is 2. The third kappa shape index (κ3) is 45.2. The molecule has 0 N–H and O–H groups in total. The molecule has 0 heterocycles. The van der Waals surface area contributed by atoms with Gasteiger partial charge in [0.25, 0.3) is 5.84 Å². The zero-order valence-corrected chi connectivity index (χ0v) is 13.5.